The molecule has 1 saturated heterocycles. The number of hydrogen-bond acceptors (Lipinski definition) is 2. The van der Waals surface area contributed by atoms with Crippen LogP contribution in [0.1, 0.15) is 39.5 Å². The summed E-state index contributed by atoms with van der Waals surface area (Å²) in [6, 6.07) is 0.425. The largest absolute Gasteiger partial charge is 0.314 e. The third-order valence-corrected chi connectivity index (χ3v) is 2.82. The van der Waals surface area contributed by atoms with E-state index in [1.165, 1.54) is 24.3 Å². The van der Waals surface area contributed by atoms with Crippen molar-refractivity contribution in [1.82, 2.24) is 5.06 Å². The Hall–Kier alpha value is -0.0800. The van der Waals surface area contributed by atoms with Crippen molar-refractivity contribution in [2.24, 2.45) is 5.92 Å². The molecule has 0 bridgehead atoms. The van der Waals surface area contributed by atoms with E-state index in [9.17, 15) is 5.21 Å². The van der Waals surface area contributed by atoms with Crippen LogP contribution in [0.25, 0.3) is 0 Å². The second-order valence-electron chi connectivity index (χ2n) is 3.61. The van der Waals surface area contributed by atoms with Crippen molar-refractivity contribution in [1.29, 1.82) is 0 Å². The van der Waals surface area contributed by atoms with Gasteiger partial charge in [0.25, 0.3) is 0 Å². The van der Waals surface area contributed by atoms with Crippen LogP contribution in [0.4, 0.5) is 0 Å². The maximum Gasteiger partial charge on any atom is 0.0375 e. The zero-order valence-corrected chi connectivity index (χ0v) is 7.58. The summed E-state index contributed by atoms with van der Waals surface area (Å²) < 4.78 is 0. The van der Waals surface area contributed by atoms with Crippen LogP contribution in [0, 0.1) is 5.92 Å². The van der Waals surface area contributed by atoms with Gasteiger partial charge < -0.3 is 5.21 Å². The molecule has 0 saturated carbocycles. The minimum atomic E-state index is 0.425. The zero-order chi connectivity index (χ0) is 8.27. The molecule has 2 heteroatoms. The van der Waals surface area contributed by atoms with Crippen LogP contribution in [0.2, 0.25) is 0 Å². The third kappa shape index (κ3) is 2.17. The lowest BCUT2D eigenvalue weighted by molar-refractivity contribution is -0.155. The first-order valence-electron chi connectivity index (χ1n) is 4.71. The van der Waals surface area contributed by atoms with Gasteiger partial charge >= 0.3 is 0 Å². The Bertz CT molecular complexity index is 112. The Morgan fingerprint density at radius 1 is 1.55 bits per heavy atom. The van der Waals surface area contributed by atoms with E-state index in [-0.39, 0.29) is 0 Å². The molecule has 0 aromatic rings. The summed E-state index contributed by atoms with van der Waals surface area (Å²) in [4.78, 5) is 0. The second-order valence-corrected chi connectivity index (χ2v) is 3.61. The fraction of sp³-hybridized carbons (Fsp3) is 1.00. The van der Waals surface area contributed by atoms with E-state index in [0.717, 1.165) is 13.0 Å². The zero-order valence-electron chi connectivity index (χ0n) is 7.58. The molecular weight excluding hydrogens is 138 g/mol. The van der Waals surface area contributed by atoms with Gasteiger partial charge in [0.05, 0.1) is 0 Å². The Morgan fingerprint density at radius 3 is 2.82 bits per heavy atom. The lowest BCUT2D eigenvalue weighted by atomic mass is 9.91. The summed E-state index contributed by atoms with van der Waals surface area (Å²) >= 11 is 0. The van der Waals surface area contributed by atoms with Gasteiger partial charge in [-0.15, -0.1) is 0 Å². The summed E-state index contributed by atoms with van der Waals surface area (Å²) in [5.41, 5.74) is 0. The topological polar surface area (TPSA) is 23.5 Å². The summed E-state index contributed by atoms with van der Waals surface area (Å²) in [6.45, 7) is 5.28. The average molecular weight is 157 g/mol. The van der Waals surface area contributed by atoms with E-state index >= 15 is 0 Å². The molecule has 0 amide bonds. The van der Waals surface area contributed by atoms with Crippen molar-refractivity contribution in [3.8, 4) is 0 Å². The molecule has 0 spiro atoms. The predicted molar refractivity (Wildman–Crippen MR) is 45.6 cm³/mol. The predicted octanol–water partition coefficient (Wildman–Crippen LogP) is 2.28. The minimum Gasteiger partial charge on any atom is -0.314 e. The molecule has 1 rings (SSSR count). The van der Waals surface area contributed by atoms with Crippen molar-refractivity contribution in [3.05, 3.63) is 0 Å². The molecule has 0 aromatic heterocycles. The Balaban J connectivity index is 2.40. The van der Waals surface area contributed by atoms with E-state index < -0.39 is 0 Å². The molecule has 1 fully saturated rings. The van der Waals surface area contributed by atoms with Crippen molar-refractivity contribution in [2.45, 2.75) is 45.6 Å². The number of rotatable bonds is 2. The van der Waals surface area contributed by atoms with E-state index in [0.29, 0.717) is 12.0 Å². The van der Waals surface area contributed by atoms with Crippen molar-refractivity contribution in [3.63, 3.8) is 0 Å². The summed E-state index contributed by atoms with van der Waals surface area (Å²) in [6.07, 6.45) is 4.78. The van der Waals surface area contributed by atoms with Crippen LogP contribution in [-0.4, -0.2) is 22.9 Å². The first-order chi connectivity index (χ1) is 5.25. The minimum absolute atomic E-state index is 0.425. The van der Waals surface area contributed by atoms with Crippen LogP contribution in [0.15, 0.2) is 0 Å². The molecule has 2 atom stereocenters. The highest BCUT2D eigenvalue weighted by atomic mass is 16.5. The molecule has 1 heterocycles. The molecule has 2 unspecified atom stereocenters. The molecule has 0 aromatic carbocycles. The van der Waals surface area contributed by atoms with Gasteiger partial charge in [-0.05, 0) is 18.8 Å². The summed E-state index contributed by atoms with van der Waals surface area (Å²) in [5, 5.41) is 11.0. The molecule has 11 heavy (non-hydrogen) atoms. The standard InChI is InChI=1S/C9H19NO/c1-3-8(2)9-6-4-5-7-10(9)11/h8-9,11H,3-7H2,1-2H3. The van der Waals surface area contributed by atoms with E-state index in [2.05, 4.69) is 13.8 Å². The highest BCUT2D eigenvalue weighted by molar-refractivity contribution is 4.75. The molecule has 2 nitrogen and oxygen atoms in total. The first kappa shape index (κ1) is 9.01. The first-order valence-corrected chi connectivity index (χ1v) is 4.71. The van der Waals surface area contributed by atoms with Gasteiger partial charge in [-0.1, -0.05) is 26.7 Å². The number of hydroxylamine groups is 2. The second kappa shape index (κ2) is 4.07. The van der Waals surface area contributed by atoms with Crippen molar-refractivity contribution >= 4 is 0 Å². The fourth-order valence-corrected chi connectivity index (χ4v) is 1.79. The molecule has 1 N–H and O–H groups in total. The molecule has 1 aliphatic heterocycles. The van der Waals surface area contributed by atoms with Gasteiger partial charge in [-0.25, -0.2) is 0 Å². The van der Waals surface area contributed by atoms with Crippen LogP contribution < -0.4 is 0 Å². The van der Waals surface area contributed by atoms with E-state index in [1.807, 2.05) is 0 Å². The molecule has 0 aliphatic carbocycles. The van der Waals surface area contributed by atoms with Crippen LogP contribution in [0.3, 0.4) is 0 Å². The SMILES string of the molecule is CCC(C)C1CCCCN1O. The Labute approximate surface area is 69.2 Å². The van der Waals surface area contributed by atoms with Gasteiger partial charge in [-0.3, -0.25) is 0 Å². The summed E-state index contributed by atoms with van der Waals surface area (Å²) in [7, 11) is 0. The number of nitrogens with zero attached hydrogens (tertiary/aromatic N) is 1. The quantitative estimate of drug-likeness (QED) is 0.664. The third-order valence-electron chi connectivity index (χ3n) is 2.82. The van der Waals surface area contributed by atoms with Gasteiger partial charge in [0, 0.05) is 12.6 Å². The van der Waals surface area contributed by atoms with E-state index in [1.54, 1.807) is 0 Å². The number of hydrogen-bond donors (Lipinski definition) is 1. The molecule has 1 aliphatic rings. The lowest BCUT2D eigenvalue weighted by Gasteiger charge is -2.34. The van der Waals surface area contributed by atoms with Crippen molar-refractivity contribution in [2.75, 3.05) is 6.54 Å². The van der Waals surface area contributed by atoms with Gasteiger partial charge in [0.2, 0.25) is 0 Å². The van der Waals surface area contributed by atoms with Crippen LogP contribution in [-0.2, 0) is 0 Å². The highest BCUT2D eigenvalue weighted by Crippen LogP contribution is 2.23. The maximum absolute atomic E-state index is 9.50. The highest BCUT2D eigenvalue weighted by Gasteiger charge is 2.24. The smallest absolute Gasteiger partial charge is 0.0375 e. The number of piperidine rings is 1. The fourth-order valence-electron chi connectivity index (χ4n) is 1.79. The Morgan fingerprint density at radius 2 is 2.27 bits per heavy atom. The molecule has 0 radical (unpaired) electrons. The summed E-state index contributed by atoms with van der Waals surface area (Å²) in [5.74, 6) is 0.639. The maximum atomic E-state index is 9.50. The van der Waals surface area contributed by atoms with Gasteiger partial charge in [-0.2, -0.15) is 5.06 Å². The van der Waals surface area contributed by atoms with Gasteiger partial charge in [0.1, 0.15) is 0 Å². The molecule has 66 valence electrons. The van der Waals surface area contributed by atoms with Crippen LogP contribution >= 0.6 is 0 Å². The average Bonchev–Trinajstić information content (AvgIpc) is 2.04. The van der Waals surface area contributed by atoms with Crippen molar-refractivity contribution < 1.29 is 5.21 Å². The molecular formula is C9H19NO. The van der Waals surface area contributed by atoms with E-state index in [4.69, 9.17) is 0 Å². The lowest BCUT2D eigenvalue weighted by Crippen LogP contribution is -2.40. The van der Waals surface area contributed by atoms with Crippen LogP contribution in [0.5, 0.6) is 0 Å². The Kier molecular flexibility index (Phi) is 3.34. The monoisotopic (exact) mass is 157 g/mol. The van der Waals surface area contributed by atoms with Gasteiger partial charge in [0.15, 0.2) is 0 Å². The normalized spacial score (nSPS) is 30.3.